The summed E-state index contributed by atoms with van der Waals surface area (Å²) in [5, 5.41) is 12.7. The fourth-order valence-electron chi connectivity index (χ4n) is 4.74. The van der Waals surface area contributed by atoms with Gasteiger partial charge in [-0.2, -0.15) is 4.98 Å². The molecule has 1 aliphatic carbocycles. The topological polar surface area (TPSA) is 92.4 Å². The van der Waals surface area contributed by atoms with Crippen LogP contribution in [0.3, 0.4) is 0 Å². The quantitative estimate of drug-likeness (QED) is 0.318. The van der Waals surface area contributed by atoms with Crippen molar-refractivity contribution in [2.75, 3.05) is 5.32 Å². The summed E-state index contributed by atoms with van der Waals surface area (Å²) in [4.78, 5) is 29.0. The second kappa shape index (κ2) is 9.14. The van der Waals surface area contributed by atoms with Gasteiger partial charge in [-0.3, -0.25) is 9.59 Å². The number of anilines is 2. The number of nitrogens with one attached hydrogen (secondary N) is 1. The van der Waals surface area contributed by atoms with Crippen molar-refractivity contribution in [2.45, 2.75) is 32.6 Å². The normalized spacial score (nSPS) is 18.0. The molecule has 0 bridgehead atoms. The van der Waals surface area contributed by atoms with E-state index >= 15 is 0 Å². The molecule has 5 rings (SSSR count). The van der Waals surface area contributed by atoms with Crippen molar-refractivity contribution < 1.29 is 19.1 Å². The zero-order valence-electron chi connectivity index (χ0n) is 19.0. The summed E-state index contributed by atoms with van der Waals surface area (Å²) < 4.78 is 5.76. The van der Waals surface area contributed by atoms with Gasteiger partial charge in [-0.05, 0) is 60.7 Å². The highest BCUT2D eigenvalue weighted by Crippen LogP contribution is 2.33. The number of hydrogen-bond donors (Lipinski definition) is 2. The Morgan fingerprint density at radius 3 is 2.24 bits per heavy atom. The van der Waals surface area contributed by atoms with E-state index in [9.17, 15) is 14.7 Å². The largest absolute Gasteiger partial charge is 0.481 e. The maximum atomic E-state index is 13.0. The fourth-order valence-corrected chi connectivity index (χ4v) is 4.74. The van der Waals surface area contributed by atoms with Crippen molar-refractivity contribution in [3.05, 3.63) is 77.9 Å². The van der Waals surface area contributed by atoms with E-state index in [-0.39, 0.29) is 5.78 Å². The number of carbonyl (C=O) groups excluding carboxylic acids is 1. The molecule has 3 aromatic carbocycles. The Hall–Kier alpha value is -3.93. The summed E-state index contributed by atoms with van der Waals surface area (Å²) in [6.45, 7) is 2.02. The van der Waals surface area contributed by atoms with Gasteiger partial charge in [0.05, 0.1) is 5.92 Å². The number of aromatic nitrogens is 1. The van der Waals surface area contributed by atoms with Gasteiger partial charge in [0, 0.05) is 17.2 Å². The monoisotopic (exact) mass is 454 g/mol. The predicted octanol–water partition coefficient (Wildman–Crippen LogP) is 6.62. The van der Waals surface area contributed by atoms with Crippen LogP contribution in [0.15, 0.2) is 71.1 Å². The Morgan fingerprint density at radius 2 is 1.56 bits per heavy atom. The molecule has 172 valence electrons. The van der Waals surface area contributed by atoms with E-state index in [1.807, 2.05) is 61.5 Å². The van der Waals surface area contributed by atoms with E-state index in [1.54, 1.807) is 12.1 Å². The number of carboxylic acid groups (broad SMARTS) is 1. The third kappa shape index (κ3) is 4.44. The van der Waals surface area contributed by atoms with Crippen LogP contribution in [0, 0.1) is 18.8 Å². The average molecular weight is 455 g/mol. The highest BCUT2D eigenvalue weighted by atomic mass is 16.4. The number of rotatable bonds is 6. The molecule has 1 heterocycles. The van der Waals surface area contributed by atoms with Gasteiger partial charge in [0.15, 0.2) is 11.4 Å². The van der Waals surface area contributed by atoms with Gasteiger partial charge >= 0.3 is 5.97 Å². The Labute approximate surface area is 197 Å². The van der Waals surface area contributed by atoms with E-state index in [2.05, 4.69) is 10.3 Å². The second-order valence-electron chi connectivity index (χ2n) is 8.97. The molecular weight excluding hydrogens is 428 g/mol. The van der Waals surface area contributed by atoms with Gasteiger partial charge in [-0.15, -0.1) is 0 Å². The number of nitrogens with zero attached hydrogens (tertiary/aromatic N) is 1. The maximum Gasteiger partial charge on any atom is 0.307 e. The lowest BCUT2D eigenvalue weighted by Gasteiger charge is -2.27. The number of benzene rings is 3. The van der Waals surface area contributed by atoms with Crippen molar-refractivity contribution in [1.29, 1.82) is 0 Å². The average Bonchev–Trinajstić information content (AvgIpc) is 3.25. The van der Waals surface area contributed by atoms with Gasteiger partial charge in [0.2, 0.25) is 0 Å². The van der Waals surface area contributed by atoms with Crippen molar-refractivity contribution in [1.82, 2.24) is 4.98 Å². The van der Waals surface area contributed by atoms with Gasteiger partial charge in [0.1, 0.15) is 5.52 Å². The van der Waals surface area contributed by atoms with Gasteiger partial charge in [0.25, 0.3) is 6.01 Å². The zero-order valence-corrected chi connectivity index (χ0v) is 19.0. The minimum absolute atomic E-state index is 0.0632. The SMILES string of the molecule is Cc1ccc2oc(Nc3ccc(-c4ccc(C(=O)[C@H]5CCCC[C@@H]5C(=O)O)cc4)cc3)nc2c1. The molecule has 1 fully saturated rings. The summed E-state index contributed by atoms with van der Waals surface area (Å²) in [5.74, 6) is -1.94. The van der Waals surface area contributed by atoms with E-state index in [4.69, 9.17) is 4.42 Å². The highest BCUT2D eigenvalue weighted by molar-refractivity contribution is 6.00. The number of aliphatic carboxylic acids is 1. The van der Waals surface area contributed by atoms with E-state index in [0.29, 0.717) is 24.4 Å². The minimum atomic E-state index is -0.865. The third-order valence-electron chi connectivity index (χ3n) is 6.60. The number of oxazole rings is 1. The molecule has 0 spiro atoms. The molecule has 34 heavy (non-hydrogen) atoms. The van der Waals surface area contributed by atoms with Crippen LogP contribution in [0.25, 0.3) is 22.2 Å². The standard InChI is InChI=1S/C28H26N2O4/c1-17-6-15-25-24(16-17)30-28(34-25)29-21-13-11-19(12-14-21)18-7-9-20(10-8-18)26(31)22-4-2-3-5-23(22)27(32)33/h6-16,22-23H,2-5H2,1H3,(H,29,30)(H,32,33)/t22-,23-/m0/s1. The van der Waals surface area contributed by atoms with E-state index < -0.39 is 17.8 Å². The fraction of sp³-hybridized carbons (Fsp3) is 0.250. The number of aryl methyl sites for hydroxylation is 1. The summed E-state index contributed by atoms with van der Waals surface area (Å²) in [6, 6.07) is 21.7. The molecule has 6 nitrogen and oxygen atoms in total. The Kier molecular flexibility index (Phi) is 5.88. The van der Waals surface area contributed by atoms with Crippen LogP contribution in [0.1, 0.15) is 41.6 Å². The van der Waals surface area contributed by atoms with Crippen molar-refractivity contribution in [2.24, 2.45) is 11.8 Å². The number of Topliss-reactive ketones (excluding diaryl/α,β-unsaturated/α-hetero) is 1. The molecule has 0 aliphatic heterocycles. The summed E-state index contributed by atoms with van der Waals surface area (Å²) in [6.07, 6.45) is 3.00. The molecule has 1 aliphatic rings. The molecule has 0 radical (unpaired) electrons. The number of hydrogen-bond acceptors (Lipinski definition) is 5. The second-order valence-corrected chi connectivity index (χ2v) is 8.97. The van der Waals surface area contributed by atoms with Crippen molar-refractivity contribution >= 4 is 34.6 Å². The highest BCUT2D eigenvalue weighted by Gasteiger charge is 2.35. The number of carbonyl (C=O) groups is 2. The predicted molar refractivity (Wildman–Crippen MR) is 131 cm³/mol. The first-order chi connectivity index (χ1) is 16.5. The maximum absolute atomic E-state index is 13.0. The lowest BCUT2D eigenvalue weighted by molar-refractivity contribution is -0.144. The van der Waals surface area contributed by atoms with Gasteiger partial charge in [-0.1, -0.05) is 55.3 Å². The Bertz CT molecular complexity index is 1340. The van der Waals surface area contributed by atoms with Gasteiger partial charge in [-0.25, -0.2) is 0 Å². The van der Waals surface area contributed by atoms with E-state index in [0.717, 1.165) is 46.3 Å². The molecule has 1 aromatic heterocycles. The van der Waals surface area contributed by atoms with Gasteiger partial charge < -0.3 is 14.8 Å². The summed E-state index contributed by atoms with van der Waals surface area (Å²) in [7, 11) is 0. The summed E-state index contributed by atoms with van der Waals surface area (Å²) >= 11 is 0. The third-order valence-corrected chi connectivity index (χ3v) is 6.60. The molecule has 6 heteroatoms. The minimum Gasteiger partial charge on any atom is -0.481 e. The Morgan fingerprint density at radius 1 is 0.912 bits per heavy atom. The molecule has 0 saturated heterocycles. The number of ketones is 1. The van der Waals surface area contributed by atoms with Crippen molar-refractivity contribution in [3.63, 3.8) is 0 Å². The lowest BCUT2D eigenvalue weighted by atomic mass is 9.75. The molecule has 0 unspecified atom stereocenters. The number of fused-ring (bicyclic) bond motifs is 1. The molecule has 2 N–H and O–H groups in total. The van der Waals surface area contributed by atoms with Crippen molar-refractivity contribution in [3.8, 4) is 11.1 Å². The van der Waals surface area contributed by atoms with Crippen LogP contribution in [0.2, 0.25) is 0 Å². The Balaban J connectivity index is 1.28. The van der Waals surface area contributed by atoms with E-state index in [1.165, 1.54) is 0 Å². The number of carboxylic acids is 1. The molecule has 1 saturated carbocycles. The molecule has 0 amide bonds. The smallest absolute Gasteiger partial charge is 0.307 e. The lowest BCUT2D eigenvalue weighted by Crippen LogP contribution is -2.32. The van der Waals surface area contributed by atoms with Crippen LogP contribution in [0.5, 0.6) is 0 Å². The first kappa shape index (κ1) is 21.9. The summed E-state index contributed by atoms with van der Waals surface area (Å²) in [5.41, 5.74) is 6.11. The van der Waals surface area contributed by atoms with Crippen LogP contribution < -0.4 is 5.32 Å². The van der Waals surface area contributed by atoms with Crippen LogP contribution in [-0.4, -0.2) is 21.8 Å². The first-order valence-corrected chi connectivity index (χ1v) is 11.6. The van der Waals surface area contributed by atoms with Crippen LogP contribution in [-0.2, 0) is 4.79 Å². The molecule has 2 atom stereocenters. The van der Waals surface area contributed by atoms with Crippen LogP contribution >= 0.6 is 0 Å². The zero-order chi connectivity index (χ0) is 23.7. The molecule has 4 aromatic rings. The first-order valence-electron chi connectivity index (χ1n) is 11.6. The molecular formula is C28H26N2O4. The van der Waals surface area contributed by atoms with Crippen LogP contribution in [0.4, 0.5) is 11.7 Å².